The zero-order valence-corrected chi connectivity index (χ0v) is 10.7. The topological polar surface area (TPSA) is 38.5 Å². The van der Waals surface area contributed by atoms with Gasteiger partial charge in [-0.25, -0.2) is 0 Å². The molecule has 2 aliphatic rings. The second-order valence-electron chi connectivity index (χ2n) is 5.75. The maximum absolute atomic E-state index is 6.23. The quantitative estimate of drug-likeness (QED) is 0.774. The Morgan fingerprint density at radius 1 is 1.31 bits per heavy atom. The van der Waals surface area contributed by atoms with Crippen molar-refractivity contribution in [3.8, 4) is 0 Å². The van der Waals surface area contributed by atoms with Crippen molar-refractivity contribution < 1.29 is 4.74 Å². The van der Waals surface area contributed by atoms with Crippen molar-refractivity contribution in [2.24, 2.45) is 11.7 Å². The van der Waals surface area contributed by atoms with Gasteiger partial charge in [-0.3, -0.25) is 4.90 Å². The Morgan fingerprint density at radius 2 is 2.06 bits per heavy atom. The second-order valence-corrected chi connectivity index (χ2v) is 5.75. The van der Waals surface area contributed by atoms with Crippen molar-refractivity contribution in [1.29, 1.82) is 0 Å². The maximum Gasteiger partial charge on any atom is 0.0637 e. The van der Waals surface area contributed by atoms with Gasteiger partial charge in [-0.05, 0) is 38.1 Å². The molecule has 1 aliphatic heterocycles. The molecule has 1 aliphatic carbocycles. The van der Waals surface area contributed by atoms with Crippen LogP contribution < -0.4 is 5.73 Å². The summed E-state index contributed by atoms with van der Waals surface area (Å²) in [5, 5.41) is 0. The Hall–Kier alpha value is -0.120. The van der Waals surface area contributed by atoms with Gasteiger partial charge in [-0.1, -0.05) is 13.8 Å². The molecule has 0 radical (unpaired) electrons. The molecule has 2 rings (SSSR count). The van der Waals surface area contributed by atoms with E-state index in [9.17, 15) is 0 Å². The van der Waals surface area contributed by atoms with E-state index in [-0.39, 0.29) is 0 Å². The smallest absolute Gasteiger partial charge is 0.0637 e. The monoisotopic (exact) mass is 226 g/mol. The van der Waals surface area contributed by atoms with Gasteiger partial charge in [0.2, 0.25) is 0 Å². The maximum atomic E-state index is 6.23. The van der Waals surface area contributed by atoms with Gasteiger partial charge in [0.25, 0.3) is 0 Å². The van der Waals surface area contributed by atoms with E-state index in [2.05, 4.69) is 18.7 Å². The Morgan fingerprint density at radius 3 is 2.62 bits per heavy atom. The standard InChI is InChI=1S/C13H26N2O/c1-10(2)5-7-15(11-3-4-11)13-9-16-8-6-12(13)14/h10-13H,3-9,14H2,1-2H3. The van der Waals surface area contributed by atoms with Crippen molar-refractivity contribution in [2.75, 3.05) is 19.8 Å². The molecule has 0 aromatic heterocycles. The van der Waals surface area contributed by atoms with E-state index in [0.717, 1.165) is 31.6 Å². The average Bonchev–Trinajstić information content (AvgIpc) is 3.04. The first-order valence-corrected chi connectivity index (χ1v) is 6.77. The molecule has 2 atom stereocenters. The highest BCUT2D eigenvalue weighted by Gasteiger charge is 2.37. The van der Waals surface area contributed by atoms with Crippen LogP contribution in [0.4, 0.5) is 0 Å². The van der Waals surface area contributed by atoms with Crippen molar-refractivity contribution in [3.05, 3.63) is 0 Å². The summed E-state index contributed by atoms with van der Waals surface area (Å²) in [5.74, 6) is 0.780. The van der Waals surface area contributed by atoms with E-state index in [1.165, 1.54) is 25.8 Å². The Balaban J connectivity index is 1.89. The van der Waals surface area contributed by atoms with Crippen LogP contribution in [0.15, 0.2) is 0 Å². The van der Waals surface area contributed by atoms with Crippen molar-refractivity contribution in [3.63, 3.8) is 0 Å². The number of ether oxygens (including phenoxy) is 1. The lowest BCUT2D eigenvalue weighted by Gasteiger charge is -2.38. The molecule has 2 N–H and O–H groups in total. The van der Waals surface area contributed by atoms with Gasteiger partial charge in [0.15, 0.2) is 0 Å². The van der Waals surface area contributed by atoms with Crippen LogP contribution in [0.2, 0.25) is 0 Å². The van der Waals surface area contributed by atoms with E-state index >= 15 is 0 Å². The lowest BCUT2D eigenvalue weighted by atomic mass is 10.0. The average molecular weight is 226 g/mol. The summed E-state index contributed by atoms with van der Waals surface area (Å²) >= 11 is 0. The molecule has 3 nitrogen and oxygen atoms in total. The van der Waals surface area contributed by atoms with Crippen LogP contribution in [0, 0.1) is 5.92 Å². The predicted molar refractivity (Wildman–Crippen MR) is 66.4 cm³/mol. The molecule has 2 unspecified atom stereocenters. The van der Waals surface area contributed by atoms with Gasteiger partial charge in [0.1, 0.15) is 0 Å². The molecular formula is C13H26N2O. The van der Waals surface area contributed by atoms with Gasteiger partial charge in [-0.2, -0.15) is 0 Å². The molecule has 0 aromatic rings. The Labute approximate surface area is 99.3 Å². The molecular weight excluding hydrogens is 200 g/mol. The predicted octanol–water partition coefficient (Wildman–Crippen LogP) is 1.61. The first kappa shape index (κ1) is 12.3. The number of nitrogens with two attached hydrogens (primary N) is 1. The van der Waals surface area contributed by atoms with E-state index in [1.54, 1.807) is 0 Å². The molecule has 1 heterocycles. The lowest BCUT2D eigenvalue weighted by Crippen LogP contribution is -2.54. The van der Waals surface area contributed by atoms with E-state index in [4.69, 9.17) is 10.5 Å². The number of hydrogen-bond donors (Lipinski definition) is 1. The summed E-state index contributed by atoms with van der Waals surface area (Å²) in [6.45, 7) is 7.48. The largest absolute Gasteiger partial charge is 0.380 e. The zero-order chi connectivity index (χ0) is 11.5. The van der Waals surface area contributed by atoms with Crippen molar-refractivity contribution in [2.45, 2.75) is 57.7 Å². The molecule has 16 heavy (non-hydrogen) atoms. The highest BCUT2D eigenvalue weighted by Crippen LogP contribution is 2.31. The van der Waals surface area contributed by atoms with Gasteiger partial charge in [0.05, 0.1) is 6.61 Å². The van der Waals surface area contributed by atoms with Crippen molar-refractivity contribution in [1.82, 2.24) is 4.90 Å². The minimum atomic E-state index is 0.321. The molecule has 0 aromatic carbocycles. The van der Waals surface area contributed by atoms with Gasteiger partial charge in [-0.15, -0.1) is 0 Å². The first-order valence-electron chi connectivity index (χ1n) is 6.77. The van der Waals surface area contributed by atoms with Gasteiger partial charge < -0.3 is 10.5 Å². The molecule has 1 saturated heterocycles. The third-order valence-corrected chi connectivity index (χ3v) is 3.78. The number of hydrogen-bond acceptors (Lipinski definition) is 3. The number of nitrogens with zero attached hydrogens (tertiary/aromatic N) is 1. The molecule has 0 bridgehead atoms. The highest BCUT2D eigenvalue weighted by atomic mass is 16.5. The SMILES string of the molecule is CC(C)CCN(C1CC1)C1COCCC1N. The first-order chi connectivity index (χ1) is 7.68. The summed E-state index contributed by atoms with van der Waals surface area (Å²) < 4.78 is 5.60. The van der Waals surface area contributed by atoms with Crippen molar-refractivity contribution >= 4 is 0 Å². The second kappa shape index (κ2) is 5.48. The van der Waals surface area contributed by atoms with E-state index in [1.807, 2.05) is 0 Å². The summed E-state index contributed by atoms with van der Waals surface area (Å²) in [6.07, 6.45) is 5.03. The highest BCUT2D eigenvalue weighted by molar-refractivity contribution is 4.94. The molecule has 94 valence electrons. The summed E-state index contributed by atoms with van der Waals surface area (Å²) in [5.41, 5.74) is 6.23. The molecule has 1 saturated carbocycles. The Kier molecular flexibility index (Phi) is 4.22. The molecule has 2 fully saturated rings. The lowest BCUT2D eigenvalue weighted by molar-refractivity contribution is 0.000826. The Bertz CT molecular complexity index is 216. The van der Waals surface area contributed by atoms with Crippen LogP contribution in [0.1, 0.15) is 39.5 Å². The third-order valence-electron chi connectivity index (χ3n) is 3.78. The normalized spacial score (nSPS) is 31.3. The molecule has 3 heteroatoms. The number of rotatable bonds is 5. The molecule has 0 amide bonds. The third kappa shape index (κ3) is 3.19. The summed E-state index contributed by atoms with van der Waals surface area (Å²) in [4.78, 5) is 2.63. The fraction of sp³-hybridized carbons (Fsp3) is 1.00. The van der Waals surface area contributed by atoms with Crippen LogP contribution in [-0.4, -0.2) is 42.8 Å². The van der Waals surface area contributed by atoms with Crippen LogP contribution in [0.25, 0.3) is 0 Å². The zero-order valence-electron chi connectivity index (χ0n) is 10.7. The van der Waals surface area contributed by atoms with Gasteiger partial charge in [0, 0.05) is 24.7 Å². The summed E-state index contributed by atoms with van der Waals surface area (Å²) in [7, 11) is 0. The fourth-order valence-corrected chi connectivity index (χ4v) is 2.51. The van der Waals surface area contributed by atoms with Crippen LogP contribution in [0.3, 0.4) is 0 Å². The van der Waals surface area contributed by atoms with Crippen LogP contribution in [0.5, 0.6) is 0 Å². The van der Waals surface area contributed by atoms with E-state index in [0.29, 0.717) is 12.1 Å². The van der Waals surface area contributed by atoms with Gasteiger partial charge >= 0.3 is 0 Å². The minimum Gasteiger partial charge on any atom is -0.380 e. The molecule has 0 spiro atoms. The minimum absolute atomic E-state index is 0.321. The van der Waals surface area contributed by atoms with Crippen LogP contribution >= 0.6 is 0 Å². The fourth-order valence-electron chi connectivity index (χ4n) is 2.51. The van der Waals surface area contributed by atoms with Crippen LogP contribution in [-0.2, 0) is 4.74 Å². The van der Waals surface area contributed by atoms with E-state index < -0.39 is 0 Å². The summed E-state index contributed by atoms with van der Waals surface area (Å²) in [6, 6.07) is 1.60.